The van der Waals surface area contributed by atoms with E-state index in [-0.39, 0.29) is 24.9 Å². The summed E-state index contributed by atoms with van der Waals surface area (Å²) in [5, 5.41) is 0. The number of carbonyl (C=O) groups excluding carboxylic acids is 2. The highest BCUT2D eigenvalue weighted by Crippen LogP contribution is 2.33. The summed E-state index contributed by atoms with van der Waals surface area (Å²) >= 11 is 0. The zero-order valence-electron chi connectivity index (χ0n) is 18.8. The first kappa shape index (κ1) is 23.0. The van der Waals surface area contributed by atoms with Crippen molar-refractivity contribution in [2.45, 2.75) is 39.5 Å². The molecule has 3 amide bonds. The Kier molecular flexibility index (Phi) is 6.35. The molecule has 0 fully saturated rings. The maximum Gasteiger partial charge on any atom is 0.479 e. The number of primary amides is 1. The standard InChI is InChI=1S/C22H28N6O4/c1-6-11-27(19(24)29)17-15(12-23)18-28(16-10-8-7-9-14(16)13-31-18)20(25-17)26(5)21(30)32-22(2,3)4/h6-10H,1,11-13,23H2,2-5H3,(H-,24,29)/p+1. The molecule has 1 aliphatic rings. The Balaban J connectivity index is 2.31. The van der Waals surface area contributed by atoms with Gasteiger partial charge in [-0.25, -0.2) is 9.59 Å². The van der Waals surface area contributed by atoms with Gasteiger partial charge in [0, 0.05) is 18.7 Å². The molecule has 0 saturated carbocycles. The summed E-state index contributed by atoms with van der Waals surface area (Å²) in [7, 11) is 1.54. The summed E-state index contributed by atoms with van der Waals surface area (Å²) in [5.74, 6) is 0.747. The Morgan fingerprint density at radius 1 is 1.34 bits per heavy atom. The normalized spacial score (nSPS) is 12.2. The van der Waals surface area contributed by atoms with Crippen LogP contribution in [0.3, 0.4) is 0 Å². The zero-order valence-corrected chi connectivity index (χ0v) is 18.8. The van der Waals surface area contributed by atoms with Crippen molar-refractivity contribution in [3.05, 3.63) is 48.0 Å². The van der Waals surface area contributed by atoms with Crippen molar-refractivity contribution in [1.29, 1.82) is 0 Å². The molecular weight excluding hydrogens is 412 g/mol. The third-order valence-corrected chi connectivity index (χ3v) is 4.74. The van der Waals surface area contributed by atoms with Crippen molar-refractivity contribution in [3.63, 3.8) is 0 Å². The molecule has 2 heterocycles. The van der Waals surface area contributed by atoms with E-state index >= 15 is 0 Å². The number of hydrogen-bond donors (Lipinski definition) is 2. The van der Waals surface area contributed by atoms with Crippen molar-refractivity contribution in [2.75, 3.05) is 23.4 Å². The third kappa shape index (κ3) is 4.35. The zero-order chi connectivity index (χ0) is 23.6. The van der Waals surface area contributed by atoms with Gasteiger partial charge in [0.05, 0.1) is 7.05 Å². The molecule has 3 rings (SSSR count). The van der Waals surface area contributed by atoms with E-state index in [1.54, 1.807) is 25.3 Å². The number of amides is 3. The highest BCUT2D eigenvalue weighted by Gasteiger charge is 2.39. The molecule has 0 unspecified atom stereocenters. The largest absolute Gasteiger partial charge is 0.479 e. The molecule has 10 nitrogen and oxygen atoms in total. The molecule has 170 valence electrons. The quantitative estimate of drug-likeness (QED) is 0.541. The molecular formula is C22H29N6O4+. The van der Waals surface area contributed by atoms with Gasteiger partial charge >= 0.3 is 18.1 Å². The number of benzene rings is 1. The summed E-state index contributed by atoms with van der Waals surface area (Å²) in [6.45, 7) is 9.42. The van der Waals surface area contributed by atoms with E-state index in [1.807, 2.05) is 24.3 Å². The fourth-order valence-corrected chi connectivity index (χ4v) is 3.35. The van der Waals surface area contributed by atoms with Crippen molar-refractivity contribution < 1.29 is 23.6 Å². The lowest BCUT2D eigenvalue weighted by Crippen LogP contribution is -2.49. The first-order valence-corrected chi connectivity index (χ1v) is 10.1. The maximum atomic E-state index is 12.9. The van der Waals surface area contributed by atoms with Gasteiger partial charge in [-0.1, -0.05) is 29.3 Å². The van der Waals surface area contributed by atoms with Crippen LogP contribution in [0.1, 0.15) is 31.9 Å². The summed E-state index contributed by atoms with van der Waals surface area (Å²) in [6, 6.07) is 6.85. The van der Waals surface area contributed by atoms with E-state index < -0.39 is 17.7 Å². The number of carbonyl (C=O) groups is 2. The van der Waals surface area contributed by atoms with E-state index in [4.69, 9.17) is 20.9 Å². The predicted octanol–water partition coefficient (Wildman–Crippen LogP) is 2.15. The Labute approximate surface area is 187 Å². The van der Waals surface area contributed by atoms with E-state index in [2.05, 4.69) is 11.6 Å². The molecule has 0 radical (unpaired) electrons. The average molecular weight is 442 g/mol. The summed E-state index contributed by atoms with van der Waals surface area (Å²) in [4.78, 5) is 32.3. The SMILES string of the molecule is C=CCN(C(N)=O)c1nc(N(C)C(=O)OC(C)(C)C)[n+]2c(c1CN)OCc1ccccc1-2. The lowest BCUT2D eigenvalue weighted by molar-refractivity contribution is -0.599. The minimum atomic E-state index is -0.737. The average Bonchev–Trinajstić information content (AvgIpc) is 2.74. The number of anilines is 2. The number of fused-ring (bicyclic) bond motifs is 3. The van der Waals surface area contributed by atoms with Gasteiger partial charge in [0.2, 0.25) is 5.82 Å². The van der Waals surface area contributed by atoms with E-state index in [0.717, 1.165) is 11.3 Å². The number of para-hydroxylation sites is 1. The number of hydrogen-bond acceptors (Lipinski definition) is 6. The molecule has 0 saturated heterocycles. The van der Waals surface area contributed by atoms with Gasteiger partial charge in [-0.3, -0.25) is 4.90 Å². The Morgan fingerprint density at radius 3 is 2.62 bits per heavy atom. The second-order valence-corrected chi connectivity index (χ2v) is 8.25. The van der Waals surface area contributed by atoms with Gasteiger partial charge in [-0.15, -0.1) is 6.58 Å². The van der Waals surface area contributed by atoms with Crippen LogP contribution in [0.15, 0.2) is 36.9 Å². The fraction of sp³-hybridized carbons (Fsp3) is 0.364. The lowest BCUT2D eigenvalue weighted by atomic mass is 10.1. The van der Waals surface area contributed by atoms with E-state index in [1.165, 1.54) is 22.9 Å². The predicted molar refractivity (Wildman–Crippen MR) is 120 cm³/mol. The minimum Gasteiger partial charge on any atom is -0.462 e. The van der Waals surface area contributed by atoms with Crippen LogP contribution >= 0.6 is 0 Å². The van der Waals surface area contributed by atoms with Crippen molar-refractivity contribution >= 4 is 23.9 Å². The minimum absolute atomic E-state index is 0.0250. The first-order chi connectivity index (χ1) is 15.1. The van der Waals surface area contributed by atoms with Crippen molar-refractivity contribution in [3.8, 4) is 11.6 Å². The topological polar surface area (TPSA) is 128 Å². The molecule has 0 bridgehead atoms. The Bertz CT molecular complexity index is 1060. The fourth-order valence-electron chi connectivity index (χ4n) is 3.35. The van der Waals surface area contributed by atoms with Crippen LogP contribution in [0.5, 0.6) is 5.88 Å². The molecule has 4 N–H and O–H groups in total. The van der Waals surface area contributed by atoms with Crippen LogP contribution in [0.25, 0.3) is 5.69 Å². The Hall–Kier alpha value is -3.66. The second kappa shape index (κ2) is 8.83. The van der Waals surface area contributed by atoms with Gasteiger partial charge in [0.25, 0.3) is 5.88 Å². The second-order valence-electron chi connectivity index (χ2n) is 8.25. The van der Waals surface area contributed by atoms with Gasteiger partial charge in [-0.2, -0.15) is 9.47 Å². The van der Waals surface area contributed by atoms with Crippen LogP contribution in [0.2, 0.25) is 0 Å². The highest BCUT2D eigenvalue weighted by atomic mass is 16.6. The summed E-state index contributed by atoms with van der Waals surface area (Å²) in [5.41, 5.74) is 13.1. The summed E-state index contributed by atoms with van der Waals surface area (Å²) in [6.07, 6.45) is 0.899. The van der Waals surface area contributed by atoms with Gasteiger partial charge in [0.1, 0.15) is 23.5 Å². The maximum absolute atomic E-state index is 12.9. The van der Waals surface area contributed by atoms with Crippen LogP contribution in [0, 0.1) is 0 Å². The first-order valence-electron chi connectivity index (χ1n) is 10.1. The van der Waals surface area contributed by atoms with Gasteiger partial charge < -0.3 is 20.9 Å². The highest BCUT2D eigenvalue weighted by molar-refractivity contribution is 5.91. The molecule has 0 spiro atoms. The summed E-state index contributed by atoms with van der Waals surface area (Å²) < 4.78 is 13.3. The Morgan fingerprint density at radius 2 is 2.03 bits per heavy atom. The smallest absolute Gasteiger partial charge is 0.462 e. The number of rotatable bonds is 5. The van der Waals surface area contributed by atoms with Gasteiger partial charge in [-0.05, 0) is 26.8 Å². The molecule has 0 atom stereocenters. The number of ether oxygens (including phenoxy) is 2. The van der Waals surface area contributed by atoms with Gasteiger partial charge in [0.15, 0.2) is 0 Å². The van der Waals surface area contributed by atoms with Crippen LogP contribution in [-0.4, -0.2) is 36.3 Å². The van der Waals surface area contributed by atoms with Crippen molar-refractivity contribution in [2.24, 2.45) is 11.5 Å². The molecule has 1 aromatic heterocycles. The third-order valence-electron chi connectivity index (χ3n) is 4.74. The molecule has 32 heavy (non-hydrogen) atoms. The number of nitrogens with two attached hydrogens (primary N) is 2. The van der Waals surface area contributed by atoms with Crippen LogP contribution in [-0.2, 0) is 17.9 Å². The monoisotopic (exact) mass is 441 g/mol. The van der Waals surface area contributed by atoms with Crippen molar-refractivity contribution in [1.82, 2.24) is 4.98 Å². The molecule has 10 heteroatoms. The van der Waals surface area contributed by atoms with Crippen LogP contribution in [0.4, 0.5) is 21.4 Å². The van der Waals surface area contributed by atoms with E-state index in [0.29, 0.717) is 18.1 Å². The van der Waals surface area contributed by atoms with Crippen LogP contribution < -0.4 is 30.6 Å². The number of aromatic nitrogens is 2. The molecule has 1 aliphatic heterocycles. The molecule has 0 aliphatic carbocycles. The number of urea groups is 1. The lowest BCUT2D eigenvalue weighted by Gasteiger charge is -2.27. The molecule has 2 aromatic rings. The number of nitrogens with zero attached hydrogens (tertiary/aromatic N) is 4. The molecule has 1 aromatic carbocycles. The van der Waals surface area contributed by atoms with E-state index in [9.17, 15) is 9.59 Å².